The maximum atomic E-state index is 15.1. The molecule has 2 saturated carbocycles. The van der Waals surface area contributed by atoms with Gasteiger partial charge in [0, 0.05) is 31.1 Å². The molecule has 10 heteroatoms. The number of aliphatic imine (C=N–C) groups is 1. The first-order valence-corrected chi connectivity index (χ1v) is 13.5. The number of hydrogen-bond acceptors (Lipinski definition) is 5. The molecule has 2 amide bonds. The number of carbonyl (C=O) groups excluding carboxylic acids is 2. The van der Waals surface area contributed by atoms with E-state index in [1.165, 1.54) is 12.1 Å². The molecule has 200 valence electrons. The largest absolute Gasteiger partial charge is 0.365 e. The molecule has 1 aromatic carbocycles. The molecular formula is C29H31FN7O2+. The molecule has 2 aromatic rings. The molecule has 1 unspecified atom stereocenters. The van der Waals surface area contributed by atoms with Gasteiger partial charge in [-0.3, -0.25) is 9.59 Å². The van der Waals surface area contributed by atoms with Gasteiger partial charge in [-0.05, 0) is 63.0 Å². The summed E-state index contributed by atoms with van der Waals surface area (Å²) in [4.78, 5) is 35.8. The lowest BCUT2D eigenvalue weighted by molar-refractivity contribution is -0.456. The molecule has 3 heterocycles. The number of carbonyl (C=O) groups is 2. The summed E-state index contributed by atoms with van der Waals surface area (Å²) in [6.45, 7) is 4.73. The summed E-state index contributed by atoms with van der Waals surface area (Å²) in [7, 11) is 0. The number of aromatic nitrogens is 2. The quantitative estimate of drug-likeness (QED) is 0.353. The van der Waals surface area contributed by atoms with Gasteiger partial charge >= 0.3 is 5.84 Å². The molecule has 2 aliphatic carbocycles. The zero-order chi connectivity index (χ0) is 27.1. The molecule has 9 nitrogen and oxygen atoms in total. The predicted octanol–water partition coefficient (Wildman–Crippen LogP) is 2.58. The summed E-state index contributed by atoms with van der Waals surface area (Å²) in [6, 6.07) is 3.58. The van der Waals surface area contributed by atoms with Crippen molar-refractivity contribution in [3.8, 4) is 11.8 Å². The number of nitrogens with one attached hydrogen (secondary N) is 1. The van der Waals surface area contributed by atoms with Crippen molar-refractivity contribution in [3.05, 3.63) is 53.8 Å². The third-order valence-corrected chi connectivity index (χ3v) is 7.81. The number of hydrazine groups is 1. The summed E-state index contributed by atoms with van der Waals surface area (Å²) in [5.74, 6) is 5.08. The Morgan fingerprint density at radius 3 is 2.72 bits per heavy atom. The van der Waals surface area contributed by atoms with E-state index in [9.17, 15) is 9.59 Å². The van der Waals surface area contributed by atoms with Crippen LogP contribution in [0.3, 0.4) is 0 Å². The average molecular weight is 529 g/mol. The van der Waals surface area contributed by atoms with Gasteiger partial charge in [0.05, 0.1) is 22.9 Å². The van der Waals surface area contributed by atoms with Crippen LogP contribution in [0, 0.1) is 23.6 Å². The lowest BCUT2D eigenvalue weighted by Crippen LogP contribution is -2.33. The van der Waals surface area contributed by atoms with Crippen LogP contribution in [0.25, 0.3) is 11.0 Å². The standard InChI is InChI=1S/C29H30FN7O2/c1-2-26(38)35-12-11-18(15-35)16-37-29(33-20-5-3-4-6-20)27(28(31)39)23(34-37)10-7-19-13-24-25(14-22(19)30)36(17-32-24)21-8-9-21/h2,13-14,16-18,20-21H,1,3-6,8-9,11-12,15H2,(H2-,31,33,34,39)/p+1/b37-16-. The van der Waals surface area contributed by atoms with E-state index in [2.05, 4.69) is 28.8 Å². The summed E-state index contributed by atoms with van der Waals surface area (Å²) < 4.78 is 18.8. The average Bonchev–Trinajstić information content (AvgIpc) is 3.28. The second-order valence-electron chi connectivity index (χ2n) is 10.6. The van der Waals surface area contributed by atoms with Crippen LogP contribution >= 0.6 is 0 Å². The van der Waals surface area contributed by atoms with Crippen LogP contribution in [-0.4, -0.2) is 62.1 Å². The normalized spacial score (nSPS) is 23.5. The highest BCUT2D eigenvalue weighted by atomic mass is 19.1. The Labute approximate surface area is 225 Å². The number of likely N-dealkylation sites (tertiary alicyclic amines) is 1. The second kappa shape index (κ2) is 10.1. The van der Waals surface area contributed by atoms with E-state index in [-0.39, 0.29) is 34.7 Å². The molecule has 2 aliphatic heterocycles. The number of amidine groups is 1. The Hall–Kier alpha value is -4.26. The zero-order valence-electron chi connectivity index (χ0n) is 21.7. The van der Waals surface area contributed by atoms with Crippen molar-refractivity contribution in [2.45, 2.75) is 57.0 Å². The van der Waals surface area contributed by atoms with Gasteiger partial charge in [-0.2, -0.15) is 0 Å². The summed E-state index contributed by atoms with van der Waals surface area (Å²) in [5, 5.41) is 0. The SMILES string of the molecule is C=CC(=O)N1CCC(/C=[N+]2\NC(C#Cc3cc4ncn(C5CC5)c4cc3F)=C(C(N)=O)C2=NC2CCCC2)C1. The molecule has 1 saturated heterocycles. The first kappa shape index (κ1) is 25.0. The smallest absolute Gasteiger partial charge is 0.356 e. The number of nitrogens with zero attached hydrogens (tertiary/aromatic N) is 5. The number of hydrogen-bond donors (Lipinski definition) is 2. The minimum Gasteiger partial charge on any atom is -0.365 e. The number of rotatable bonds is 5. The van der Waals surface area contributed by atoms with Gasteiger partial charge in [-0.15, -0.1) is 4.68 Å². The summed E-state index contributed by atoms with van der Waals surface area (Å²) in [5.41, 5.74) is 11.1. The summed E-state index contributed by atoms with van der Waals surface area (Å²) >= 11 is 0. The Balaban J connectivity index is 1.35. The number of primary amides is 1. The third kappa shape index (κ3) is 4.97. The van der Waals surface area contributed by atoms with Crippen molar-refractivity contribution in [2.75, 3.05) is 13.1 Å². The molecule has 39 heavy (non-hydrogen) atoms. The van der Waals surface area contributed by atoms with E-state index in [4.69, 9.17) is 10.7 Å². The molecule has 1 aromatic heterocycles. The first-order valence-electron chi connectivity index (χ1n) is 13.5. The van der Waals surface area contributed by atoms with Gasteiger partial charge < -0.3 is 15.2 Å². The number of imidazole rings is 1. The van der Waals surface area contributed by atoms with Crippen LogP contribution in [0.15, 0.2) is 47.4 Å². The van der Waals surface area contributed by atoms with Gasteiger partial charge in [-0.1, -0.05) is 17.5 Å². The molecule has 0 radical (unpaired) electrons. The topological polar surface area (TPSA) is 109 Å². The van der Waals surface area contributed by atoms with Crippen LogP contribution in [0.1, 0.15) is 56.6 Å². The molecule has 0 spiro atoms. The Bertz CT molecular complexity index is 1530. The monoisotopic (exact) mass is 528 g/mol. The first-order chi connectivity index (χ1) is 18.9. The highest BCUT2D eigenvalue weighted by Gasteiger charge is 2.39. The molecule has 6 rings (SSSR count). The van der Waals surface area contributed by atoms with Crippen molar-refractivity contribution in [1.82, 2.24) is 19.9 Å². The predicted molar refractivity (Wildman–Crippen MR) is 145 cm³/mol. The number of amides is 2. The lowest BCUT2D eigenvalue weighted by atomic mass is 10.1. The molecule has 3 N–H and O–H groups in total. The van der Waals surface area contributed by atoms with E-state index in [1.54, 1.807) is 22.0 Å². The number of hydrazone groups is 1. The van der Waals surface area contributed by atoms with E-state index in [0.717, 1.165) is 50.5 Å². The van der Waals surface area contributed by atoms with Crippen LogP contribution in [0.5, 0.6) is 0 Å². The van der Waals surface area contributed by atoms with E-state index >= 15 is 4.39 Å². The van der Waals surface area contributed by atoms with Crippen molar-refractivity contribution >= 4 is 34.9 Å². The van der Waals surface area contributed by atoms with E-state index in [1.807, 2.05) is 10.8 Å². The minimum absolute atomic E-state index is 0.0399. The van der Waals surface area contributed by atoms with Crippen molar-refractivity contribution in [3.63, 3.8) is 0 Å². The van der Waals surface area contributed by atoms with Crippen molar-refractivity contribution in [2.24, 2.45) is 16.6 Å². The number of halogens is 1. The molecular weight excluding hydrogens is 497 g/mol. The van der Waals surface area contributed by atoms with Crippen LogP contribution in [0.2, 0.25) is 0 Å². The number of fused-ring (bicyclic) bond motifs is 1. The van der Waals surface area contributed by atoms with E-state index < -0.39 is 11.7 Å². The highest BCUT2D eigenvalue weighted by molar-refractivity contribution is 6.19. The van der Waals surface area contributed by atoms with Gasteiger partial charge in [0.15, 0.2) is 5.57 Å². The zero-order valence-corrected chi connectivity index (χ0v) is 21.7. The minimum atomic E-state index is -0.659. The van der Waals surface area contributed by atoms with Crippen molar-refractivity contribution < 1.29 is 18.7 Å². The van der Waals surface area contributed by atoms with Gasteiger partial charge in [0.2, 0.25) is 5.91 Å². The Morgan fingerprint density at radius 2 is 2.00 bits per heavy atom. The third-order valence-electron chi connectivity index (χ3n) is 7.81. The molecule has 3 fully saturated rings. The highest BCUT2D eigenvalue weighted by Crippen LogP contribution is 2.37. The van der Waals surface area contributed by atoms with Gasteiger partial charge in [-0.25, -0.2) is 14.8 Å². The molecule has 0 bridgehead atoms. The fourth-order valence-corrected chi connectivity index (χ4v) is 5.59. The second-order valence-corrected chi connectivity index (χ2v) is 10.6. The summed E-state index contributed by atoms with van der Waals surface area (Å²) in [6.07, 6.45) is 12.0. The lowest BCUT2D eigenvalue weighted by Gasteiger charge is -2.12. The van der Waals surface area contributed by atoms with Gasteiger partial charge in [0.25, 0.3) is 5.91 Å². The van der Waals surface area contributed by atoms with Crippen LogP contribution in [0.4, 0.5) is 4.39 Å². The Kier molecular flexibility index (Phi) is 6.51. The van der Waals surface area contributed by atoms with Crippen LogP contribution < -0.4 is 11.2 Å². The number of allylic oxidation sites excluding steroid dienone is 1. The van der Waals surface area contributed by atoms with E-state index in [0.29, 0.717) is 30.5 Å². The number of benzene rings is 1. The fraction of sp³-hybridized carbons (Fsp3) is 0.414. The maximum Gasteiger partial charge on any atom is 0.356 e. The maximum absolute atomic E-state index is 15.1. The van der Waals surface area contributed by atoms with Crippen molar-refractivity contribution in [1.29, 1.82) is 0 Å². The fourth-order valence-electron chi connectivity index (χ4n) is 5.59. The Morgan fingerprint density at radius 1 is 1.21 bits per heavy atom. The van der Waals surface area contributed by atoms with Crippen LogP contribution in [-0.2, 0) is 9.59 Å². The molecule has 1 atom stereocenters. The van der Waals surface area contributed by atoms with Gasteiger partial charge in [0.1, 0.15) is 23.8 Å². The number of nitrogens with two attached hydrogens (primary N) is 1. The molecule has 4 aliphatic rings.